The second kappa shape index (κ2) is 5.02. The number of hydrogen-bond donors (Lipinski definition) is 2. The van der Waals surface area contributed by atoms with Crippen molar-refractivity contribution in [2.45, 2.75) is 39.5 Å². The van der Waals surface area contributed by atoms with Gasteiger partial charge in [0.2, 0.25) is 4.77 Å². The molecule has 0 bridgehead atoms. The van der Waals surface area contributed by atoms with E-state index in [2.05, 4.69) is 41.2 Å². The van der Waals surface area contributed by atoms with Gasteiger partial charge in [0.25, 0.3) is 0 Å². The van der Waals surface area contributed by atoms with E-state index in [0.717, 1.165) is 24.2 Å². The Morgan fingerprint density at radius 1 is 1.00 bits per heavy atom. The van der Waals surface area contributed by atoms with E-state index < -0.39 is 0 Å². The topological polar surface area (TPSA) is 57.4 Å². The van der Waals surface area contributed by atoms with E-state index in [1.165, 1.54) is 46.2 Å². The van der Waals surface area contributed by atoms with E-state index in [-0.39, 0.29) is 0 Å². The van der Waals surface area contributed by atoms with Crippen LogP contribution in [-0.4, -0.2) is 20.2 Å². The van der Waals surface area contributed by atoms with Crippen LogP contribution >= 0.6 is 12.2 Å². The molecule has 2 aromatic heterocycles. The molecule has 0 amide bonds. The first-order chi connectivity index (χ1) is 10.6. The van der Waals surface area contributed by atoms with Crippen molar-refractivity contribution in [3.63, 3.8) is 0 Å². The number of fused-ring (bicyclic) bond motifs is 2. The first-order valence-electron chi connectivity index (χ1n) is 7.71. The third-order valence-corrected chi connectivity index (χ3v) is 4.81. The first-order valence-corrected chi connectivity index (χ1v) is 8.12. The van der Waals surface area contributed by atoms with Crippen LogP contribution in [0.25, 0.3) is 22.3 Å². The number of aromatic nitrogens is 4. The van der Waals surface area contributed by atoms with Crippen molar-refractivity contribution < 1.29 is 0 Å². The van der Waals surface area contributed by atoms with E-state index in [0.29, 0.717) is 4.77 Å². The van der Waals surface area contributed by atoms with Crippen molar-refractivity contribution in [2.75, 3.05) is 0 Å². The molecule has 0 aliphatic heterocycles. The molecule has 112 valence electrons. The summed E-state index contributed by atoms with van der Waals surface area (Å²) in [4.78, 5) is 9.40. The zero-order chi connectivity index (χ0) is 15.3. The zero-order valence-corrected chi connectivity index (χ0v) is 13.6. The molecular weight excluding hydrogens is 292 g/mol. The normalized spacial score (nSPS) is 14.3. The summed E-state index contributed by atoms with van der Waals surface area (Å²) in [5.74, 6) is 0.832. The maximum atomic E-state index is 5.14. The lowest BCUT2D eigenvalue weighted by atomic mass is 9.88. The molecule has 4 nitrogen and oxygen atoms in total. The van der Waals surface area contributed by atoms with Crippen LogP contribution in [0.4, 0.5) is 0 Å². The van der Waals surface area contributed by atoms with Gasteiger partial charge in [-0.15, -0.1) is 0 Å². The predicted octanol–water partition coefficient (Wildman–Crippen LogP) is 4.18. The summed E-state index contributed by atoms with van der Waals surface area (Å²) in [5.41, 5.74) is 7.34. The molecule has 0 atom stereocenters. The standard InChI is InChI=1S/C17H18N4S/c1-9-7-12-14(8-10(9)2)18-13-6-4-3-5-11(13)15(12)16-19-17(22)21-20-16/h7-8H,3-6H2,1-2H3,(H2,19,20,21,22). The van der Waals surface area contributed by atoms with Crippen molar-refractivity contribution >= 4 is 23.1 Å². The van der Waals surface area contributed by atoms with Gasteiger partial charge in [0.15, 0.2) is 5.82 Å². The molecule has 2 heterocycles. The smallest absolute Gasteiger partial charge is 0.213 e. The van der Waals surface area contributed by atoms with Crippen molar-refractivity contribution in [1.82, 2.24) is 20.2 Å². The van der Waals surface area contributed by atoms with Gasteiger partial charge in [0, 0.05) is 16.6 Å². The third kappa shape index (κ3) is 2.08. The van der Waals surface area contributed by atoms with Gasteiger partial charge in [-0.25, -0.2) is 0 Å². The summed E-state index contributed by atoms with van der Waals surface area (Å²) < 4.78 is 0.494. The first kappa shape index (κ1) is 13.6. The Morgan fingerprint density at radius 2 is 1.77 bits per heavy atom. The van der Waals surface area contributed by atoms with Gasteiger partial charge in [-0.05, 0) is 80.6 Å². The van der Waals surface area contributed by atoms with Crippen LogP contribution < -0.4 is 0 Å². The van der Waals surface area contributed by atoms with Gasteiger partial charge in [-0.2, -0.15) is 4.98 Å². The number of aryl methyl sites for hydroxylation is 3. The fourth-order valence-electron chi connectivity index (χ4n) is 3.34. The quantitative estimate of drug-likeness (QED) is 0.663. The van der Waals surface area contributed by atoms with Crippen LogP contribution in [0.1, 0.15) is 35.2 Å². The summed E-state index contributed by atoms with van der Waals surface area (Å²) in [6.07, 6.45) is 4.54. The molecule has 1 aromatic carbocycles. The molecule has 0 fully saturated rings. The minimum absolute atomic E-state index is 0.494. The van der Waals surface area contributed by atoms with Crippen LogP contribution in [0.15, 0.2) is 12.1 Å². The Labute approximate surface area is 134 Å². The van der Waals surface area contributed by atoms with E-state index in [9.17, 15) is 0 Å². The van der Waals surface area contributed by atoms with Crippen molar-refractivity contribution in [1.29, 1.82) is 0 Å². The van der Waals surface area contributed by atoms with Crippen LogP contribution in [0.3, 0.4) is 0 Å². The van der Waals surface area contributed by atoms with Gasteiger partial charge in [-0.1, -0.05) is 0 Å². The van der Waals surface area contributed by atoms with Gasteiger partial charge in [-0.3, -0.25) is 15.2 Å². The molecule has 0 saturated heterocycles. The summed E-state index contributed by atoms with van der Waals surface area (Å²) in [6, 6.07) is 4.41. The Hall–Kier alpha value is -2.01. The number of aromatic amines is 2. The van der Waals surface area contributed by atoms with Crippen molar-refractivity contribution in [2.24, 2.45) is 0 Å². The highest BCUT2D eigenvalue weighted by Gasteiger charge is 2.21. The molecule has 0 saturated carbocycles. The van der Waals surface area contributed by atoms with Gasteiger partial charge in [0.1, 0.15) is 0 Å². The summed E-state index contributed by atoms with van der Waals surface area (Å²) in [5, 5.41) is 7.22. The van der Waals surface area contributed by atoms with E-state index in [1.807, 2.05) is 0 Å². The summed E-state index contributed by atoms with van der Waals surface area (Å²) in [7, 11) is 0. The molecule has 0 unspecified atom stereocenters. The van der Waals surface area contributed by atoms with Crippen molar-refractivity contribution in [3.8, 4) is 11.4 Å². The Balaban J connectivity index is 2.14. The maximum absolute atomic E-state index is 5.14. The molecule has 22 heavy (non-hydrogen) atoms. The lowest BCUT2D eigenvalue weighted by Gasteiger charge is -2.20. The van der Waals surface area contributed by atoms with Gasteiger partial charge in [0.05, 0.1) is 5.52 Å². The number of pyridine rings is 1. The monoisotopic (exact) mass is 310 g/mol. The average molecular weight is 310 g/mol. The lowest BCUT2D eigenvalue weighted by Crippen LogP contribution is -2.09. The minimum Gasteiger partial charge on any atom is -0.282 e. The molecule has 1 aliphatic carbocycles. The molecule has 2 N–H and O–H groups in total. The minimum atomic E-state index is 0.494. The number of H-pyrrole nitrogens is 2. The van der Waals surface area contributed by atoms with E-state index >= 15 is 0 Å². The molecule has 0 radical (unpaired) electrons. The van der Waals surface area contributed by atoms with Crippen LogP contribution in [0.2, 0.25) is 0 Å². The van der Waals surface area contributed by atoms with Crippen LogP contribution in [0.5, 0.6) is 0 Å². The number of nitrogens with one attached hydrogen (secondary N) is 2. The Morgan fingerprint density at radius 3 is 2.55 bits per heavy atom. The Kier molecular flexibility index (Phi) is 3.11. The highest BCUT2D eigenvalue weighted by Crippen LogP contribution is 2.35. The largest absolute Gasteiger partial charge is 0.282 e. The highest BCUT2D eigenvalue weighted by atomic mass is 32.1. The number of benzene rings is 1. The second-order valence-corrected chi connectivity index (χ2v) is 6.48. The number of hydrogen-bond acceptors (Lipinski definition) is 3. The fraction of sp³-hybridized carbons (Fsp3) is 0.353. The molecule has 3 aromatic rings. The molecule has 1 aliphatic rings. The number of nitrogens with zero attached hydrogens (tertiary/aromatic N) is 2. The lowest BCUT2D eigenvalue weighted by molar-refractivity contribution is 0.672. The summed E-state index contributed by atoms with van der Waals surface area (Å²) >= 11 is 5.14. The van der Waals surface area contributed by atoms with Gasteiger partial charge < -0.3 is 0 Å². The summed E-state index contributed by atoms with van der Waals surface area (Å²) in [6.45, 7) is 4.28. The fourth-order valence-corrected chi connectivity index (χ4v) is 3.49. The molecule has 5 heteroatoms. The zero-order valence-electron chi connectivity index (χ0n) is 12.8. The average Bonchev–Trinajstić information content (AvgIpc) is 2.92. The van der Waals surface area contributed by atoms with E-state index in [4.69, 9.17) is 17.2 Å². The molecule has 0 spiro atoms. The SMILES string of the molecule is Cc1cc2nc3c(c(-c4nc(=S)[nH][nH]4)c2cc1C)CCCC3. The van der Waals surface area contributed by atoms with E-state index in [1.54, 1.807) is 0 Å². The second-order valence-electron chi connectivity index (χ2n) is 6.09. The maximum Gasteiger partial charge on any atom is 0.213 e. The predicted molar refractivity (Wildman–Crippen MR) is 90.6 cm³/mol. The number of rotatable bonds is 1. The van der Waals surface area contributed by atoms with Gasteiger partial charge >= 0.3 is 0 Å². The third-order valence-electron chi connectivity index (χ3n) is 4.62. The van der Waals surface area contributed by atoms with Crippen LogP contribution in [0, 0.1) is 18.6 Å². The molecule has 4 rings (SSSR count). The van der Waals surface area contributed by atoms with Crippen molar-refractivity contribution in [3.05, 3.63) is 39.3 Å². The highest BCUT2D eigenvalue weighted by molar-refractivity contribution is 7.71. The molecular formula is C17H18N4S. The van der Waals surface area contributed by atoms with Crippen LogP contribution in [-0.2, 0) is 12.8 Å². The Bertz CT molecular complexity index is 936.